The molecule has 1 aliphatic heterocycles. The zero-order valence-corrected chi connectivity index (χ0v) is 8.13. The van der Waals surface area contributed by atoms with Gasteiger partial charge in [0, 0.05) is 13.2 Å². The van der Waals surface area contributed by atoms with E-state index in [2.05, 4.69) is 10.9 Å². The van der Waals surface area contributed by atoms with Gasteiger partial charge in [0.2, 0.25) is 0 Å². The van der Waals surface area contributed by atoms with Crippen molar-refractivity contribution in [3.05, 3.63) is 11.9 Å². The van der Waals surface area contributed by atoms with Crippen molar-refractivity contribution in [3.8, 4) is 0 Å². The number of hydrogen-bond donors (Lipinski definition) is 2. The van der Waals surface area contributed by atoms with Crippen molar-refractivity contribution in [1.82, 2.24) is 15.8 Å². The molecule has 0 fully saturated rings. The van der Waals surface area contributed by atoms with Crippen LogP contribution in [0.15, 0.2) is 11.9 Å². The summed E-state index contributed by atoms with van der Waals surface area (Å²) in [6, 6.07) is 0. The third-order valence-electron chi connectivity index (χ3n) is 1.95. The van der Waals surface area contributed by atoms with E-state index in [1.54, 1.807) is 13.1 Å². The van der Waals surface area contributed by atoms with E-state index in [1.807, 2.05) is 18.9 Å². The van der Waals surface area contributed by atoms with Gasteiger partial charge in [0.15, 0.2) is 0 Å². The van der Waals surface area contributed by atoms with Gasteiger partial charge in [0.1, 0.15) is 5.70 Å². The Kier molecular flexibility index (Phi) is 3.13. The molecule has 13 heavy (non-hydrogen) atoms. The fourth-order valence-corrected chi connectivity index (χ4v) is 1.05. The summed E-state index contributed by atoms with van der Waals surface area (Å²) in [5.41, 5.74) is 6.29. The molecular formula is C8H15N3O2. The average Bonchev–Trinajstić information content (AvgIpc) is 2.10. The summed E-state index contributed by atoms with van der Waals surface area (Å²) in [5.74, 6) is -0.300. The van der Waals surface area contributed by atoms with Gasteiger partial charge in [0.05, 0.1) is 12.8 Å². The second-order valence-electron chi connectivity index (χ2n) is 2.83. The minimum atomic E-state index is -0.300. The van der Waals surface area contributed by atoms with E-state index in [4.69, 9.17) is 4.74 Å². The van der Waals surface area contributed by atoms with Gasteiger partial charge < -0.3 is 15.1 Å². The van der Waals surface area contributed by atoms with Crippen LogP contribution in [0.1, 0.15) is 13.8 Å². The smallest absolute Gasteiger partial charge is 0.356 e. The standard InChI is InChI=1S/C8H15N3O2/c1-4-13-8(12)7-5-9-10-6(2)11(7)3/h5-6,9-10H,4H2,1-3H3. The van der Waals surface area contributed by atoms with Crippen LogP contribution in [0.25, 0.3) is 0 Å². The molecule has 0 saturated carbocycles. The van der Waals surface area contributed by atoms with E-state index in [0.717, 1.165) is 0 Å². The van der Waals surface area contributed by atoms with E-state index in [1.165, 1.54) is 0 Å². The zero-order valence-electron chi connectivity index (χ0n) is 8.13. The maximum Gasteiger partial charge on any atom is 0.356 e. The largest absolute Gasteiger partial charge is 0.461 e. The van der Waals surface area contributed by atoms with Crippen molar-refractivity contribution >= 4 is 5.97 Å². The average molecular weight is 185 g/mol. The molecule has 2 N–H and O–H groups in total. The van der Waals surface area contributed by atoms with Crippen LogP contribution in [0.2, 0.25) is 0 Å². The molecular weight excluding hydrogens is 170 g/mol. The Morgan fingerprint density at radius 1 is 1.77 bits per heavy atom. The predicted molar refractivity (Wildman–Crippen MR) is 48.2 cm³/mol. The fourth-order valence-electron chi connectivity index (χ4n) is 1.05. The Hall–Kier alpha value is -1.23. The Morgan fingerprint density at radius 2 is 2.46 bits per heavy atom. The van der Waals surface area contributed by atoms with Gasteiger partial charge in [-0.3, -0.25) is 0 Å². The van der Waals surface area contributed by atoms with Gasteiger partial charge >= 0.3 is 5.97 Å². The molecule has 1 rings (SSSR count). The lowest BCUT2D eigenvalue weighted by Crippen LogP contribution is -2.51. The third kappa shape index (κ3) is 2.12. The molecule has 0 aromatic rings. The highest BCUT2D eigenvalue weighted by Crippen LogP contribution is 2.08. The number of nitrogens with zero attached hydrogens (tertiary/aromatic N) is 1. The van der Waals surface area contributed by atoms with Crippen LogP contribution in [-0.4, -0.2) is 30.7 Å². The summed E-state index contributed by atoms with van der Waals surface area (Å²) < 4.78 is 4.88. The topological polar surface area (TPSA) is 53.6 Å². The number of ether oxygens (including phenoxy) is 1. The van der Waals surface area contributed by atoms with Gasteiger partial charge in [-0.1, -0.05) is 0 Å². The fraction of sp³-hybridized carbons (Fsp3) is 0.625. The third-order valence-corrected chi connectivity index (χ3v) is 1.95. The minimum Gasteiger partial charge on any atom is -0.461 e. The van der Waals surface area contributed by atoms with Crippen LogP contribution in [0, 0.1) is 0 Å². The summed E-state index contributed by atoms with van der Waals surface area (Å²) in [6.07, 6.45) is 1.67. The molecule has 0 aromatic carbocycles. The number of likely N-dealkylation sites (N-methyl/N-ethyl adjacent to an activating group) is 1. The first kappa shape index (κ1) is 9.85. The van der Waals surface area contributed by atoms with E-state index < -0.39 is 0 Å². The van der Waals surface area contributed by atoms with Crippen LogP contribution in [0.5, 0.6) is 0 Å². The molecule has 1 atom stereocenters. The molecule has 0 amide bonds. The number of nitrogens with one attached hydrogen (secondary N) is 2. The van der Waals surface area contributed by atoms with Crippen LogP contribution in [-0.2, 0) is 9.53 Å². The first-order valence-corrected chi connectivity index (χ1v) is 4.28. The molecule has 1 aliphatic rings. The first-order chi connectivity index (χ1) is 6.16. The lowest BCUT2D eigenvalue weighted by atomic mass is 10.3. The highest BCUT2D eigenvalue weighted by molar-refractivity contribution is 5.87. The number of carbonyl (C=O) groups excluding carboxylic acids is 1. The second kappa shape index (κ2) is 4.13. The SMILES string of the molecule is CCOC(=O)C1=CNNC(C)N1C. The molecule has 5 heteroatoms. The Balaban J connectivity index is 2.67. The van der Waals surface area contributed by atoms with Crippen molar-refractivity contribution in [3.63, 3.8) is 0 Å². The van der Waals surface area contributed by atoms with Gasteiger partial charge in [0.25, 0.3) is 0 Å². The molecule has 0 spiro atoms. The Morgan fingerprint density at radius 3 is 3.08 bits per heavy atom. The summed E-state index contributed by atoms with van der Waals surface area (Å²) >= 11 is 0. The summed E-state index contributed by atoms with van der Waals surface area (Å²) in [6.45, 7) is 4.13. The molecule has 74 valence electrons. The van der Waals surface area contributed by atoms with Crippen molar-refractivity contribution in [2.45, 2.75) is 20.0 Å². The van der Waals surface area contributed by atoms with Crippen molar-refractivity contribution in [2.24, 2.45) is 0 Å². The molecule has 1 heterocycles. The van der Waals surface area contributed by atoms with Crippen LogP contribution >= 0.6 is 0 Å². The Labute approximate surface area is 77.7 Å². The second-order valence-corrected chi connectivity index (χ2v) is 2.83. The molecule has 0 aromatic heterocycles. The summed E-state index contributed by atoms with van der Waals surface area (Å²) in [4.78, 5) is 13.2. The number of rotatable bonds is 2. The number of hydrogen-bond acceptors (Lipinski definition) is 5. The van der Waals surface area contributed by atoms with E-state index in [9.17, 15) is 4.79 Å². The highest BCUT2D eigenvalue weighted by atomic mass is 16.5. The normalized spacial score (nSPS) is 21.9. The lowest BCUT2D eigenvalue weighted by Gasteiger charge is -2.32. The lowest BCUT2D eigenvalue weighted by molar-refractivity contribution is -0.140. The van der Waals surface area contributed by atoms with Gasteiger partial charge in [-0.25, -0.2) is 10.2 Å². The molecule has 5 nitrogen and oxygen atoms in total. The monoisotopic (exact) mass is 185 g/mol. The van der Waals surface area contributed by atoms with E-state index >= 15 is 0 Å². The number of esters is 1. The number of hydrazine groups is 1. The summed E-state index contributed by atoms with van der Waals surface area (Å²) in [5, 5.41) is 0. The number of carbonyl (C=O) groups is 1. The summed E-state index contributed by atoms with van der Waals surface area (Å²) in [7, 11) is 1.83. The van der Waals surface area contributed by atoms with Gasteiger partial charge in [-0.2, -0.15) is 0 Å². The first-order valence-electron chi connectivity index (χ1n) is 4.28. The van der Waals surface area contributed by atoms with Crippen LogP contribution < -0.4 is 10.9 Å². The van der Waals surface area contributed by atoms with Crippen molar-refractivity contribution < 1.29 is 9.53 Å². The van der Waals surface area contributed by atoms with E-state index in [-0.39, 0.29) is 12.1 Å². The van der Waals surface area contributed by atoms with Gasteiger partial charge in [-0.15, -0.1) is 0 Å². The highest BCUT2D eigenvalue weighted by Gasteiger charge is 2.22. The minimum absolute atomic E-state index is 0.0735. The van der Waals surface area contributed by atoms with Crippen LogP contribution in [0.3, 0.4) is 0 Å². The van der Waals surface area contributed by atoms with E-state index in [0.29, 0.717) is 12.3 Å². The van der Waals surface area contributed by atoms with Crippen molar-refractivity contribution in [2.75, 3.05) is 13.7 Å². The predicted octanol–water partition coefficient (Wildman–Crippen LogP) is -0.223. The molecule has 0 aliphatic carbocycles. The zero-order chi connectivity index (χ0) is 9.84. The Bertz CT molecular complexity index is 227. The van der Waals surface area contributed by atoms with Crippen molar-refractivity contribution in [1.29, 1.82) is 0 Å². The molecule has 0 bridgehead atoms. The molecule has 1 unspecified atom stereocenters. The maximum atomic E-state index is 11.4. The molecule has 0 radical (unpaired) electrons. The molecule has 0 saturated heterocycles. The maximum absolute atomic E-state index is 11.4. The van der Waals surface area contributed by atoms with Gasteiger partial charge in [-0.05, 0) is 13.8 Å². The quantitative estimate of drug-likeness (QED) is 0.582. The van der Waals surface area contributed by atoms with Crippen LogP contribution in [0.4, 0.5) is 0 Å².